The minimum absolute atomic E-state index is 0.00685. The number of nitro benzene ring substituents is 1. The van der Waals surface area contributed by atoms with E-state index in [1.165, 1.54) is 6.07 Å². The summed E-state index contributed by atoms with van der Waals surface area (Å²) in [7, 11) is 0. The maximum atomic E-state index is 10.7. The number of hydrogen-bond acceptors (Lipinski definition) is 5. The topological polar surface area (TPSA) is 92.5 Å². The Morgan fingerprint density at radius 3 is 2.71 bits per heavy atom. The second-order valence-corrected chi connectivity index (χ2v) is 3.41. The SMILES string of the molecule is O=C([O-])CCCOCc1ccccc1[N+](=O)[O-]. The van der Waals surface area contributed by atoms with E-state index in [4.69, 9.17) is 4.74 Å². The van der Waals surface area contributed by atoms with Gasteiger partial charge in [0.1, 0.15) is 0 Å². The van der Waals surface area contributed by atoms with Crippen LogP contribution in [-0.2, 0) is 16.1 Å². The number of aliphatic carboxylic acids is 1. The van der Waals surface area contributed by atoms with Crippen LogP contribution in [0.5, 0.6) is 0 Å². The number of carbonyl (C=O) groups is 1. The summed E-state index contributed by atoms with van der Waals surface area (Å²) in [5, 5.41) is 20.8. The van der Waals surface area contributed by atoms with E-state index in [-0.39, 0.29) is 25.3 Å². The van der Waals surface area contributed by atoms with Gasteiger partial charge in [-0.3, -0.25) is 10.1 Å². The van der Waals surface area contributed by atoms with Gasteiger partial charge in [0.05, 0.1) is 17.1 Å². The van der Waals surface area contributed by atoms with Gasteiger partial charge in [-0.2, -0.15) is 0 Å². The van der Waals surface area contributed by atoms with Gasteiger partial charge < -0.3 is 14.6 Å². The van der Waals surface area contributed by atoms with Gasteiger partial charge in [0, 0.05) is 18.6 Å². The molecule has 0 unspecified atom stereocenters. The maximum Gasteiger partial charge on any atom is 0.274 e. The standard InChI is InChI=1S/C11H13NO5/c13-11(14)6-3-7-17-8-9-4-1-2-5-10(9)12(15)16/h1-2,4-5H,3,6-8H2,(H,13,14)/p-1. The number of carboxylic acid groups (broad SMARTS) is 1. The van der Waals surface area contributed by atoms with Crippen molar-refractivity contribution in [3.63, 3.8) is 0 Å². The van der Waals surface area contributed by atoms with Gasteiger partial charge >= 0.3 is 0 Å². The molecule has 1 rings (SSSR count). The molecule has 17 heavy (non-hydrogen) atoms. The van der Waals surface area contributed by atoms with Crippen LogP contribution in [-0.4, -0.2) is 17.5 Å². The molecule has 0 aromatic heterocycles. The van der Waals surface area contributed by atoms with E-state index in [0.29, 0.717) is 12.0 Å². The first-order valence-electron chi connectivity index (χ1n) is 5.11. The lowest BCUT2D eigenvalue weighted by Crippen LogP contribution is -2.22. The number of nitrogens with zero attached hydrogens (tertiary/aromatic N) is 1. The molecular weight excluding hydrogens is 226 g/mol. The van der Waals surface area contributed by atoms with Crippen LogP contribution < -0.4 is 5.11 Å². The predicted octanol–water partition coefficient (Wildman–Crippen LogP) is 0.641. The van der Waals surface area contributed by atoms with Gasteiger partial charge in [-0.1, -0.05) is 12.1 Å². The fourth-order valence-corrected chi connectivity index (χ4v) is 1.31. The van der Waals surface area contributed by atoms with Crippen LogP contribution >= 0.6 is 0 Å². The van der Waals surface area contributed by atoms with Crippen molar-refractivity contribution < 1.29 is 19.6 Å². The van der Waals surface area contributed by atoms with E-state index in [9.17, 15) is 20.0 Å². The molecule has 0 heterocycles. The van der Waals surface area contributed by atoms with Crippen LogP contribution in [0, 0.1) is 10.1 Å². The lowest BCUT2D eigenvalue weighted by atomic mass is 10.2. The maximum absolute atomic E-state index is 10.7. The molecule has 0 amide bonds. The first kappa shape index (κ1) is 13.1. The molecule has 0 saturated heterocycles. The highest BCUT2D eigenvalue weighted by atomic mass is 16.6. The van der Waals surface area contributed by atoms with Crippen molar-refractivity contribution in [2.45, 2.75) is 19.4 Å². The normalized spacial score (nSPS) is 10.1. The largest absolute Gasteiger partial charge is 0.550 e. The monoisotopic (exact) mass is 238 g/mol. The van der Waals surface area contributed by atoms with E-state index >= 15 is 0 Å². The minimum atomic E-state index is -1.13. The molecule has 0 aliphatic carbocycles. The molecule has 0 bridgehead atoms. The fourth-order valence-electron chi connectivity index (χ4n) is 1.31. The summed E-state index contributed by atoms with van der Waals surface area (Å²) in [5.41, 5.74) is 0.485. The Bertz CT molecular complexity index is 405. The van der Waals surface area contributed by atoms with Crippen LogP contribution in [0.2, 0.25) is 0 Å². The number of para-hydroxylation sites is 1. The smallest absolute Gasteiger partial charge is 0.274 e. The van der Waals surface area contributed by atoms with Gasteiger partial charge in [0.25, 0.3) is 5.69 Å². The number of carbonyl (C=O) groups excluding carboxylic acids is 1. The van der Waals surface area contributed by atoms with Crippen LogP contribution in [0.4, 0.5) is 5.69 Å². The van der Waals surface area contributed by atoms with Crippen molar-refractivity contribution in [1.82, 2.24) is 0 Å². The van der Waals surface area contributed by atoms with Gasteiger partial charge in [0.15, 0.2) is 0 Å². The molecule has 0 radical (unpaired) electrons. The number of hydrogen-bond donors (Lipinski definition) is 0. The van der Waals surface area contributed by atoms with Crippen molar-refractivity contribution in [2.24, 2.45) is 0 Å². The highest BCUT2D eigenvalue weighted by Gasteiger charge is 2.11. The summed E-state index contributed by atoms with van der Waals surface area (Å²) in [6.07, 6.45) is 0.264. The molecule has 0 atom stereocenters. The van der Waals surface area contributed by atoms with Crippen LogP contribution in [0.3, 0.4) is 0 Å². The molecule has 6 heteroatoms. The third kappa shape index (κ3) is 4.60. The predicted molar refractivity (Wildman–Crippen MR) is 57.0 cm³/mol. The number of benzene rings is 1. The zero-order chi connectivity index (χ0) is 12.7. The molecule has 1 aromatic rings. The van der Waals surface area contributed by atoms with Crippen molar-refractivity contribution in [3.05, 3.63) is 39.9 Å². The fraction of sp³-hybridized carbons (Fsp3) is 0.364. The highest BCUT2D eigenvalue weighted by molar-refractivity contribution is 5.64. The van der Waals surface area contributed by atoms with E-state index in [0.717, 1.165) is 0 Å². The Morgan fingerprint density at radius 2 is 2.06 bits per heavy atom. The first-order valence-corrected chi connectivity index (χ1v) is 5.11. The summed E-state index contributed by atoms with van der Waals surface area (Å²) in [6, 6.07) is 6.28. The summed E-state index contributed by atoms with van der Waals surface area (Å²) >= 11 is 0. The summed E-state index contributed by atoms with van der Waals surface area (Å²) in [6.45, 7) is 0.338. The molecular formula is C11H12NO5-. The van der Waals surface area contributed by atoms with Crippen molar-refractivity contribution >= 4 is 11.7 Å². The lowest BCUT2D eigenvalue weighted by Gasteiger charge is -2.05. The van der Waals surface area contributed by atoms with Crippen LogP contribution in [0.1, 0.15) is 18.4 Å². The zero-order valence-electron chi connectivity index (χ0n) is 9.13. The average Bonchev–Trinajstić information content (AvgIpc) is 2.28. The molecule has 92 valence electrons. The van der Waals surface area contributed by atoms with Gasteiger partial charge in [0.2, 0.25) is 0 Å². The Morgan fingerprint density at radius 1 is 1.35 bits per heavy atom. The second-order valence-electron chi connectivity index (χ2n) is 3.41. The number of carboxylic acids is 1. The van der Waals surface area contributed by atoms with E-state index < -0.39 is 10.9 Å². The lowest BCUT2D eigenvalue weighted by molar-refractivity contribution is -0.386. The molecule has 6 nitrogen and oxygen atoms in total. The summed E-state index contributed by atoms with van der Waals surface area (Å²) in [5.74, 6) is -1.13. The van der Waals surface area contributed by atoms with E-state index in [2.05, 4.69) is 0 Å². The molecule has 0 saturated carbocycles. The average molecular weight is 238 g/mol. The number of rotatable bonds is 7. The highest BCUT2D eigenvalue weighted by Crippen LogP contribution is 2.18. The van der Waals surface area contributed by atoms with Crippen molar-refractivity contribution in [2.75, 3.05) is 6.61 Å². The Labute approximate surface area is 98.0 Å². The second kappa shape index (κ2) is 6.59. The van der Waals surface area contributed by atoms with Gasteiger partial charge in [-0.05, 0) is 18.9 Å². The van der Waals surface area contributed by atoms with Gasteiger partial charge in [-0.15, -0.1) is 0 Å². The van der Waals surface area contributed by atoms with E-state index in [1.54, 1.807) is 18.2 Å². The Balaban J connectivity index is 2.41. The molecule has 0 spiro atoms. The quantitative estimate of drug-likeness (QED) is 0.395. The molecule has 0 N–H and O–H groups in total. The summed E-state index contributed by atoms with van der Waals surface area (Å²) in [4.78, 5) is 20.3. The number of nitro groups is 1. The van der Waals surface area contributed by atoms with E-state index in [1.807, 2.05) is 0 Å². The Hall–Kier alpha value is -1.95. The first-order chi connectivity index (χ1) is 8.11. The van der Waals surface area contributed by atoms with Crippen LogP contribution in [0.25, 0.3) is 0 Å². The molecule has 0 aliphatic heterocycles. The third-order valence-electron chi connectivity index (χ3n) is 2.12. The molecule has 1 aromatic carbocycles. The Kier molecular flexibility index (Phi) is 5.09. The number of ether oxygens (including phenoxy) is 1. The van der Waals surface area contributed by atoms with Gasteiger partial charge in [-0.25, -0.2) is 0 Å². The van der Waals surface area contributed by atoms with Crippen molar-refractivity contribution in [1.29, 1.82) is 0 Å². The van der Waals surface area contributed by atoms with Crippen molar-refractivity contribution in [3.8, 4) is 0 Å². The zero-order valence-corrected chi connectivity index (χ0v) is 9.13. The minimum Gasteiger partial charge on any atom is -0.550 e. The molecule has 0 aliphatic rings. The third-order valence-corrected chi connectivity index (χ3v) is 2.12. The van der Waals surface area contributed by atoms with Crippen LogP contribution in [0.15, 0.2) is 24.3 Å². The molecule has 0 fully saturated rings. The summed E-state index contributed by atoms with van der Waals surface area (Å²) < 4.78 is 5.17.